The van der Waals surface area contributed by atoms with E-state index in [1.807, 2.05) is 12.4 Å². The molecule has 1 aromatic carbocycles. The summed E-state index contributed by atoms with van der Waals surface area (Å²) in [6.07, 6.45) is 7.09. The summed E-state index contributed by atoms with van der Waals surface area (Å²) in [6, 6.07) is 8.53. The highest BCUT2D eigenvalue weighted by Gasteiger charge is 2.46. The Morgan fingerprint density at radius 3 is 2.29 bits per heavy atom. The second-order valence-electron chi connectivity index (χ2n) is 8.42. The highest BCUT2D eigenvalue weighted by atomic mass is 14.8. The average molecular weight is 282 g/mol. The van der Waals surface area contributed by atoms with E-state index in [2.05, 4.69) is 56.9 Å². The van der Waals surface area contributed by atoms with Crippen molar-refractivity contribution in [2.45, 2.75) is 52.5 Å². The normalized spacial score (nSPS) is 23.1. The van der Waals surface area contributed by atoms with Gasteiger partial charge in [0, 0.05) is 23.3 Å². The smallest absolute Gasteiger partial charge is 0.0426 e. The topological polar surface area (TPSA) is 38.9 Å². The fraction of sp³-hybridized carbons (Fsp3) is 0.526. The fourth-order valence-corrected chi connectivity index (χ4v) is 4.93. The Bertz CT molecular complexity index is 649. The Kier molecular flexibility index (Phi) is 3.14. The van der Waals surface area contributed by atoms with Crippen LogP contribution >= 0.6 is 0 Å². The van der Waals surface area contributed by atoms with Crippen LogP contribution in [0.4, 0.5) is 0 Å². The standard InChI is InChI=1S/C19H26N2/c1-17(2)11-18(3,4)13-19(20,12-17)16-7-5-6-14-8-9-21-10-15(14)16/h5-10H,11-13,20H2,1-4H3. The van der Waals surface area contributed by atoms with Crippen molar-refractivity contribution < 1.29 is 0 Å². The Hall–Kier alpha value is -1.41. The summed E-state index contributed by atoms with van der Waals surface area (Å²) in [4.78, 5) is 4.32. The molecule has 1 aromatic heterocycles. The summed E-state index contributed by atoms with van der Waals surface area (Å²) < 4.78 is 0. The lowest BCUT2D eigenvalue weighted by atomic mass is 9.57. The van der Waals surface area contributed by atoms with Gasteiger partial charge in [0.2, 0.25) is 0 Å². The first-order chi connectivity index (χ1) is 9.71. The van der Waals surface area contributed by atoms with Gasteiger partial charge in [-0.1, -0.05) is 45.9 Å². The third-order valence-electron chi connectivity index (χ3n) is 4.77. The van der Waals surface area contributed by atoms with Crippen LogP contribution in [0.5, 0.6) is 0 Å². The summed E-state index contributed by atoms with van der Waals surface area (Å²) in [5, 5.41) is 2.43. The largest absolute Gasteiger partial charge is 0.321 e. The van der Waals surface area contributed by atoms with Gasteiger partial charge in [-0.05, 0) is 47.1 Å². The molecular formula is C19H26N2. The van der Waals surface area contributed by atoms with Crippen molar-refractivity contribution in [3.63, 3.8) is 0 Å². The highest BCUT2D eigenvalue weighted by Crippen LogP contribution is 2.53. The Balaban J connectivity index is 2.16. The Morgan fingerprint density at radius 2 is 1.62 bits per heavy atom. The van der Waals surface area contributed by atoms with Gasteiger partial charge in [0.05, 0.1) is 0 Å². The van der Waals surface area contributed by atoms with Crippen LogP contribution < -0.4 is 5.73 Å². The molecule has 0 spiro atoms. The molecule has 0 amide bonds. The third kappa shape index (κ3) is 2.69. The molecule has 0 bridgehead atoms. The van der Waals surface area contributed by atoms with E-state index in [9.17, 15) is 0 Å². The predicted molar refractivity (Wildman–Crippen MR) is 89.0 cm³/mol. The molecule has 0 radical (unpaired) electrons. The number of pyridine rings is 1. The van der Waals surface area contributed by atoms with Gasteiger partial charge in [-0.15, -0.1) is 0 Å². The van der Waals surface area contributed by atoms with E-state index in [0.29, 0.717) is 0 Å². The number of aromatic nitrogens is 1. The summed E-state index contributed by atoms with van der Waals surface area (Å²) >= 11 is 0. The molecule has 0 saturated heterocycles. The zero-order valence-corrected chi connectivity index (χ0v) is 13.6. The van der Waals surface area contributed by atoms with Crippen LogP contribution in [0.2, 0.25) is 0 Å². The minimum Gasteiger partial charge on any atom is -0.321 e. The van der Waals surface area contributed by atoms with Crippen molar-refractivity contribution >= 4 is 10.8 Å². The molecule has 112 valence electrons. The van der Waals surface area contributed by atoms with Crippen molar-refractivity contribution in [3.05, 3.63) is 42.2 Å². The first kappa shape index (κ1) is 14.5. The van der Waals surface area contributed by atoms with E-state index in [1.165, 1.54) is 22.8 Å². The maximum Gasteiger partial charge on any atom is 0.0426 e. The minimum absolute atomic E-state index is 0.265. The average Bonchev–Trinajstić information content (AvgIpc) is 2.33. The lowest BCUT2D eigenvalue weighted by Crippen LogP contribution is -2.49. The van der Waals surface area contributed by atoms with Crippen molar-refractivity contribution in [1.29, 1.82) is 0 Å². The zero-order valence-electron chi connectivity index (χ0n) is 13.6. The summed E-state index contributed by atoms with van der Waals surface area (Å²) in [5.41, 5.74) is 8.49. The predicted octanol–water partition coefficient (Wildman–Crippen LogP) is 4.63. The first-order valence-corrected chi connectivity index (χ1v) is 7.83. The van der Waals surface area contributed by atoms with Gasteiger partial charge in [0.25, 0.3) is 0 Å². The third-order valence-corrected chi connectivity index (χ3v) is 4.77. The van der Waals surface area contributed by atoms with E-state index in [4.69, 9.17) is 5.73 Å². The van der Waals surface area contributed by atoms with E-state index in [0.717, 1.165) is 12.8 Å². The Morgan fingerprint density at radius 1 is 0.952 bits per heavy atom. The second kappa shape index (κ2) is 4.54. The quantitative estimate of drug-likeness (QED) is 0.828. The second-order valence-corrected chi connectivity index (χ2v) is 8.42. The number of benzene rings is 1. The van der Waals surface area contributed by atoms with Gasteiger partial charge in [-0.3, -0.25) is 4.98 Å². The Labute approximate surface area is 127 Å². The number of nitrogens with two attached hydrogens (primary N) is 1. The molecule has 1 heterocycles. The van der Waals surface area contributed by atoms with Crippen LogP contribution in [0.15, 0.2) is 36.7 Å². The summed E-state index contributed by atoms with van der Waals surface area (Å²) in [5.74, 6) is 0. The molecular weight excluding hydrogens is 256 g/mol. The number of hydrogen-bond donors (Lipinski definition) is 1. The molecule has 2 heteroatoms. The van der Waals surface area contributed by atoms with Gasteiger partial charge in [0.1, 0.15) is 0 Å². The minimum atomic E-state index is -0.270. The molecule has 1 fully saturated rings. The van der Waals surface area contributed by atoms with Gasteiger partial charge in [-0.2, -0.15) is 0 Å². The van der Waals surface area contributed by atoms with E-state index >= 15 is 0 Å². The monoisotopic (exact) mass is 282 g/mol. The lowest BCUT2D eigenvalue weighted by molar-refractivity contribution is 0.0477. The molecule has 1 saturated carbocycles. The summed E-state index contributed by atoms with van der Waals surface area (Å²) in [6.45, 7) is 9.38. The molecule has 0 unspecified atom stereocenters. The molecule has 0 atom stereocenters. The van der Waals surface area contributed by atoms with E-state index in [1.54, 1.807) is 0 Å². The molecule has 1 aliphatic carbocycles. The van der Waals surface area contributed by atoms with Crippen LogP contribution in [-0.4, -0.2) is 4.98 Å². The van der Waals surface area contributed by atoms with Crippen LogP contribution in [0.1, 0.15) is 52.5 Å². The number of nitrogens with zero attached hydrogens (tertiary/aromatic N) is 1. The van der Waals surface area contributed by atoms with Crippen molar-refractivity contribution in [2.75, 3.05) is 0 Å². The molecule has 3 rings (SSSR count). The maximum atomic E-state index is 6.97. The highest BCUT2D eigenvalue weighted by molar-refractivity contribution is 5.85. The number of hydrogen-bond acceptors (Lipinski definition) is 2. The molecule has 2 nitrogen and oxygen atoms in total. The lowest BCUT2D eigenvalue weighted by Gasteiger charge is -2.51. The van der Waals surface area contributed by atoms with Crippen LogP contribution in [0, 0.1) is 10.8 Å². The van der Waals surface area contributed by atoms with Gasteiger partial charge < -0.3 is 5.73 Å². The molecule has 2 N–H and O–H groups in total. The number of fused-ring (bicyclic) bond motifs is 1. The van der Waals surface area contributed by atoms with Gasteiger partial charge in [-0.25, -0.2) is 0 Å². The van der Waals surface area contributed by atoms with E-state index in [-0.39, 0.29) is 16.4 Å². The first-order valence-electron chi connectivity index (χ1n) is 7.83. The number of rotatable bonds is 1. The molecule has 21 heavy (non-hydrogen) atoms. The maximum absolute atomic E-state index is 6.97. The van der Waals surface area contributed by atoms with Crippen LogP contribution in [-0.2, 0) is 5.54 Å². The fourth-order valence-electron chi connectivity index (χ4n) is 4.93. The van der Waals surface area contributed by atoms with Crippen LogP contribution in [0.25, 0.3) is 10.8 Å². The van der Waals surface area contributed by atoms with Crippen LogP contribution in [0.3, 0.4) is 0 Å². The summed E-state index contributed by atoms with van der Waals surface area (Å²) in [7, 11) is 0. The molecule has 0 aliphatic heterocycles. The SMILES string of the molecule is CC1(C)CC(C)(C)CC(N)(c2cccc3ccncc23)C1. The molecule has 1 aliphatic rings. The molecule has 2 aromatic rings. The van der Waals surface area contributed by atoms with Gasteiger partial charge in [0.15, 0.2) is 0 Å². The van der Waals surface area contributed by atoms with Crippen molar-refractivity contribution in [2.24, 2.45) is 16.6 Å². The van der Waals surface area contributed by atoms with E-state index < -0.39 is 0 Å². The van der Waals surface area contributed by atoms with Crippen molar-refractivity contribution in [3.8, 4) is 0 Å². The van der Waals surface area contributed by atoms with Gasteiger partial charge >= 0.3 is 0 Å². The van der Waals surface area contributed by atoms with Crippen molar-refractivity contribution in [1.82, 2.24) is 4.98 Å². The zero-order chi connectivity index (χ0) is 15.3.